The maximum Gasteiger partial charge on any atom is 0.159 e. The van der Waals surface area contributed by atoms with Crippen LogP contribution in [0.3, 0.4) is 0 Å². The van der Waals surface area contributed by atoms with Crippen molar-refractivity contribution in [1.29, 1.82) is 0 Å². The highest BCUT2D eigenvalue weighted by atomic mass is 16.7. The van der Waals surface area contributed by atoms with E-state index in [2.05, 4.69) is 29.2 Å². The lowest BCUT2D eigenvalue weighted by Crippen LogP contribution is -2.33. The smallest absolute Gasteiger partial charge is 0.159 e. The summed E-state index contributed by atoms with van der Waals surface area (Å²) in [4.78, 5) is 4.33. The first-order chi connectivity index (χ1) is 8.70. The van der Waals surface area contributed by atoms with E-state index in [1.54, 1.807) is 6.33 Å². The van der Waals surface area contributed by atoms with Gasteiger partial charge in [0, 0.05) is 24.9 Å². The molecule has 1 aliphatic rings. The fourth-order valence-electron chi connectivity index (χ4n) is 2.15. The molecule has 1 fully saturated rings. The third-order valence-corrected chi connectivity index (χ3v) is 3.14. The molecule has 2 heterocycles. The van der Waals surface area contributed by atoms with Crippen LogP contribution >= 0.6 is 0 Å². The molecule has 2 rings (SSSR count). The zero-order valence-corrected chi connectivity index (χ0v) is 11.3. The predicted molar refractivity (Wildman–Crippen MR) is 67.3 cm³/mol. The molecule has 6 nitrogen and oxygen atoms in total. The normalized spacial score (nSPS) is 18.7. The lowest BCUT2D eigenvalue weighted by molar-refractivity contribution is -0.0524. The van der Waals surface area contributed by atoms with Crippen LogP contribution in [-0.4, -0.2) is 47.4 Å². The van der Waals surface area contributed by atoms with Gasteiger partial charge in [-0.25, -0.2) is 9.67 Å². The standard InChI is InChI=1S/C12H22N4O2/c1-9(2)16-11(14-8-15-16)6-10(13-3)7-12-17-4-5-18-12/h8-10,12-13H,4-7H2,1-3H3. The van der Waals surface area contributed by atoms with Crippen LogP contribution < -0.4 is 5.32 Å². The molecule has 1 aromatic heterocycles. The van der Waals surface area contributed by atoms with Gasteiger partial charge >= 0.3 is 0 Å². The molecule has 1 atom stereocenters. The fourth-order valence-corrected chi connectivity index (χ4v) is 2.15. The average molecular weight is 254 g/mol. The number of ether oxygens (including phenoxy) is 2. The Hall–Kier alpha value is -0.980. The molecule has 0 aliphatic carbocycles. The summed E-state index contributed by atoms with van der Waals surface area (Å²) < 4.78 is 12.9. The van der Waals surface area contributed by atoms with Gasteiger partial charge in [0.25, 0.3) is 0 Å². The molecule has 1 N–H and O–H groups in total. The number of hydrogen-bond acceptors (Lipinski definition) is 5. The molecule has 0 radical (unpaired) electrons. The van der Waals surface area contributed by atoms with Gasteiger partial charge in [-0.2, -0.15) is 5.10 Å². The molecule has 6 heteroatoms. The van der Waals surface area contributed by atoms with E-state index < -0.39 is 0 Å². The zero-order valence-electron chi connectivity index (χ0n) is 11.3. The lowest BCUT2D eigenvalue weighted by Gasteiger charge is -2.19. The number of nitrogens with one attached hydrogen (secondary N) is 1. The van der Waals surface area contributed by atoms with Gasteiger partial charge in [-0.3, -0.25) is 0 Å². The number of likely N-dealkylation sites (N-methyl/N-ethyl adjacent to an activating group) is 1. The summed E-state index contributed by atoms with van der Waals surface area (Å²) in [6.45, 7) is 5.61. The summed E-state index contributed by atoms with van der Waals surface area (Å²) in [6, 6.07) is 0.619. The summed E-state index contributed by atoms with van der Waals surface area (Å²) in [5, 5.41) is 7.54. The molecule has 18 heavy (non-hydrogen) atoms. The quantitative estimate of drug-likeness (QED) is 0.812. The molecule has 1 saturated heterocycles. The highest BCUT2D eigenvalue weighted by Crippen LogP contribution is 2.14. The summed E-state index contributed by atoms with van der Waals surface area (Å²) in [5.74, 6) is 1.00. The van der Waals surface area contributed by atoms with E-state index >= 15 is 0 Å². The average Bonchev–Trinajstić information content (AvgIpc) is 2.98. The van der Waals surface area contributed by atoms with E-state index in [9.17, 15) is 0 Å². The third-order valence-electron chi connectivity index (χ3n) is 3.14. The number of rotatable bonds is 6. The Kier molecular flexibility index (Phi) is 4.68. The second kappa shape index (κ2) is 6.26. The predicted octanol–water partition coefficient (Wildman–Crippen LogP) is 0.752. The van der Waals surface area contributed by atoms with Crippen molar-refractivity contribution in [2.24, 2.45) is 0 Å². The van der Waals surface area contributed by atoms with Crippen LogP contribution in [0.5, 0.6) is 0 Å². The molecular formula is C12H22N4O2. The van der Waals surface area contributed by atoms with Crippen molar-refractivity contribution in [3.8, 4) is 0 Å². The Balaban J connectivity index is 1.94. The Morgan fingerprint density at radius 3 is 2.78 bits per heavy atom. The number of hydrogen-bond donors (Lipinski definition) is 1. The van der Waals surface area contributed by atoms with Gasteiger partial charge in [0.2, 0.25) is 0 Å². The summed E-state index contributed by atoms with van der Waals surface area (Å²) in [5.41, 5.74) is 0. The van der Waals surface area contributed by atoms with Crippen LogP contribution in [0.2, 0.25) is 0 Å². The van der Waals surface area contributed by atoms with E-state index in [1.165, 1.54) is 0 Å². The minimum atomic E-state index is -0.0853. The molecule has 0 spiro atoms. The second-order valence-electron chi connectivity index (χ2n) is 4.81. The SMILES string of the molecule is CNC(Cc1ncnn1C(C)C)CC1OCCO1. The van der Waals surface area contributed by atoms with Gasteiger partial charge in [0.1, 0.15) is 12.2 Å². The van der Waals surface area contributed by atoms with Crippen molar-refractivity contribution in [3.05, 3.63) is 12.2 Å². The van der Waals surface area contributed by atoms with Crippen molar-refractivity contribution in [2.45, 2.75) is 45.1 Å². The van der Waals surface area contributed by atoms with E-state index in [1.807, 2.05) is 11.7 Å². The van der Waals surface area contributed by atoms with Crippen molar-refractivity contribution < 1.29 is 9.47 Å². The largest absolute Gasteiger partial charge is 0.350 e. The van der Waals surface area contributed by atoms with Gasteiger partial charge in [-0.15, -0.1) is 0 Å². The van der Waals surface area contributed by atoms with Gasteiger partial charge in [0.05, 0.1) is 13.2 Å². The van der Waals surface area contributed by atoms with E-state index in [0.717, 1.165) is 18.7 Å². The maximum absolute atomic E-state index is 5.48. The molecule has 0 amide bonds. The Morgan fingerprint density at radius 2 is 2.17 bits per heavy atom. The van der Waals surface area contributed by atoms with Gasteiger partial charge < -0.3 is 14.8 Å². The number of nitrogens with zero attached hydrogens (tertiary/aromatic N) is 3. The van der Waals surface area contributed by atoms with Crippen LogP contribution in [0, 0.1) is 0 Å². The number of aromatic nitrogens is 3. The Bertz CT molecular complexity index is 361. The van der Waals surface area contributed by atoms with E-state index in [0.29, 0.717) is 19.3 Å². The van der Waals surface area contributed by atoms with Crippen LogP contribution in [0.1, 0.15) is 32.1 Å². The van der Waals surface area contributed by atoms with Crippen LogP contribution in [0.4, 0.5) is 0 Å². The van der Waals surface area contributed by atoms with Gasteiger partial charge in [-0.05, 0) is 20.9 Å². The molecule has 1 unspecified atom stereocenters. The molecule has 1 aliphatic heterocycles. The first-order valence-corrected chi connectivity index (χ1v) is 6.49. The molecule has 1 aromatic rings. The molecular weight excluding hydrogens is 232 g/mol. The van der Waals surface area contributed by atoms with Crippen LogP contribution in [0.15, 0.2) is 6.33 Å². The first-order valence-electron chi connectivity index (χ1n) is 6.49. The molecule has 0 bridgehead atoms. The third kappa shape index (κ3) is 3.28. The highest BCUT2D eigenvalue weighted by Gasteiger charge is 2.22. The van der Waals surface area contributed by atoms with E-state index in [4.69, 9.17) is 9.47 Å². The Morgan fingerprint density at radius 1 is 1.44 bits per heavy atom. The summed E-state index contributed by atoms with van der Waals surface area (Å²) in [6.07, 6.45) is 3.20. The van der Waals surface area contributed by atoms with Crippen molar-refractivity contribution in [2.75, 3.05) is 20.3 Å². The summed E-state index contributed by atoms with van der Waals surface area (Å²) in [7, 11) is 1.95. The summed E-state index contributed by atoms with van der Waals surface area (Å²) >= 11 is 0. The fraction of sp³-hybridized carbons (Fsp3) is 0.833. The maximum atomic E-state index is 5.48. The Labute approximate surface area is 108 Å². The molecule has 102 valence electrons. The minimum absolute atomic E-state index is 0.0853. The topological polar surface area (TPSA) is 61.2 Å². The minimum Gasteiger partial charge on any atom is -0.350 e. The van der Waals surface area contributed by atoms with E-state index in [-0.39, 0.29) is 12.3 Å². The first kappa shape index (κ1) is 13.5. The lowest BCUT2D eigenvalue weighted by atomic mass is 10.1. The van der Waals surface area contributed by atoms with Gasteiger partial charge in [-0.1, -0.05) is 0 Å². The highest BCUT2D eigenvalue weighted by molar-refractivity contribution is 4.91. The van der Waals surface area contributed by atoms with Crippen LogP contribution in [-0.2, 0) is 15.9 Å². The monoisotopic (exact) mass is 254 g/mol. The van der Waals surface area contributed by atoms with Gasteiger partial charge in [0.15, 0.2) is 6.29 Å². The zero-order chi connectivity index (χ0) is 13.0. The van der Waals surface area contributed by atoms with Crippen molar-refractivity contribution in [3.63, 3.8) is 0 Å². The molecule has 0 saturated carbocycles. The van der Waals surface area contributed by atoms with Crippen molar-refractivity contribution in [1.82, 2.24) is 20.1 Å². The van der Waals surface area contributed by atoms with Crippen molar-refractivity contribution >= 4 is 0 Å². The second-order valence-corrected chi connectivity index (χ2v) is 4.81. The molecule has 0 aromatic carbocycles. The van der Waals surface area contributed by atoms with Crippen LogP contribution in [0.25, 0.3) is 0 Å².